The summed E-state index contributed by atoms with van der Waals surface area (Å²) in [6, 6.07) is 0. The van der Waals surface area contributed by atoms with E-state index in [9.17, 15) is 0 Å². The monoisotopic (exact) mass is 142 g/mol. The first-order chi connectivity index (χ1) is 4.71. The maximum atomic E-state index is 7.29. The first kappa shape index (κ1) is 7.54. The molecule has 3 nitrogen and oxygen atoms in total. The summed E-state index contributed by atoms with van der Waals surface area (Å²) in [4.78, 5) is 0. The van der Waals surface area contributed by atoms with E-state index in [0.29, 0.717) is 0 Å². The van der Waals surface area contributed by atoms with Gasteiger partial charge in [-0.2, -0.15) is 0 Å². The lowest BCUT2D eigenvalue weighted by Crippen LogP contribution is -2.42. The van der Waals surface area contributed by atoms with Crippen molar-refractivity contribution in [3.8, 4) is 0 Å². The third kappa shape index (κ3) is 1.01. The van der Waals surface area contributed by atoms with Gasteiger partial charge in [-0.1, -0.05) is 0 Å². The number of methoxy groups -OCH3 is 1. The van der Waals surface area contributed by atoms with Crippen molar-refractivity contribution in [2.75, 3.05) is 7.11 Å². The highest BCUT2D eigenvalue weighted by Crippen LogP contribution is 2.32. The van der Waals surface area contributed by atoms with Crippen LogP contribution >= 0.6 is 0 Å². The molecule has 1 fully saturated rings. The maximum absolute atomic E-state index is 7.29. The van der Waals surface area contributed by atoms with Gasteiger partial charge in [0, 0.05) is 7.11 Å². The third-order valence-electron chi connectivity index (χ3n) is 2.29. The molecular weight excluding hydrogens is 128 g/mol. The van der Waals surface area contributed by atoms with Gasteiger partial charge in [0.2, 0.25) is 0 Å². The topological polar surface area (TPSA) is 59.1 Å². The van der Waals surface area contributed by atoms with Crippen molar-refractivity contribution >= 4 is 5.84 Å². The Bertz CT molecular complexity index is 139. The van der Waals surface area contributed by atoms with E-state index in [2.05, 4.69) is 0 Å². The molecule has 1 rings (SSSR count). The predicted octanol–water partition coefficient (Wildman–Crippen LogP) is 0.882. The van der Waals surface area contributed by atoms with Crippen molar-refractivity contribution in [1.29, 1.82) is 5.41 Å². The smallest absolute Gasteiger partial charge is 0.124 e. The molecule has 0 aromatic carbocycles. The molecule has 0 radical (unpaired) electrons. The zero-order chi connectivity index (χ0) is 7.61. The third-order valence-corrected chi connectivity index (χ3v) is 2.29. The summed E-state index contributed by atoms with van der Waals surface area (Å²) in [5.74, 6) is 0.188. The Hall–Kier alpha value is -0.570. The fourth-order valence-corrected chi connectivity index (χ4v) is 1.53. The Kier molecular flexibility index (Phi) is 1.94. The molecule has 0 aromatic heterocycles. The summed E-state index contributed by atoms with van der Waals surface area (Å²) in [5.41, 5.74) is 5.00. The van der Waals surface area contributed by atoms with Crippen LogP contribution in [0.5, 0.6) is 0 Å². The van der Waals surface area contributed by atoms with Gasteiger partial charge in [0.1, 0.15) is 11.4 Å². The SMILES string of the molecule is COC1(C(=N)N)CCCC1. The molecule has 0 amide bonds. The number of amidine groups is 1. The first-order valence-electron chi connectivity index (χ1n) is 3.61. The van der Waals surface area contributed by atoms with E-state index in [1.165, 1.54) is 0 Å². The first-order valence-corrected chi connectivity index (χ1v) is 3.61. The predicted molar refractivity (Wildman–Crippen MR) is 40.1 cm³/mol. The molecule has 1 aliphatic rings. The van der Waals surface area contributed by atoms with Crippen LogP contribution in [0, 0.1) is 5.41 Å². The molecule has 1 aliphatic carbocycles. The van der Waals surface area contributed by atoms with Crippen LogP contribution in [0.2, 0.25) is 0 Å². The van der Waals surface area contributed by atoms with E-state index in [0.717, 1.165) is 25.7 Å². The normalized spacial score (nSPS) is 22.9. The molecule has 0 saturated heterocycles. The van der Waals surface area contributed by atoms with E-state index in [1.807, 2.05) is 0 Å². The number of hydrogen-bond acceptors (Lipinski definition) is 2. The fraction of sp³-hybridized carbons (Fsp3) is 0.857. The lowest BCUT2D eigenvalue weighted by molar-refractivity contribution is 0.0546. The van der Waals surface area contributed by atoms with Crippen LogP contribution in [0.4, 0.5) is 0 Å². The van der Waals surface area contributed by atoms with Gasteiger partial charge in [0.15, 0.2) is 0 Å². The molecule has 0 heterocycles. The second kappa shape index (κ2) is 2.58. The zero-order valence-corrected chi connectivity index (χ0v) is 6.31. The molecule has 0 bridgehead atoms. The Balaban J connectivity index is 2.67. The van der Waals surface area contributed by atoms with Crippen LogP contribution in [-0.4, -0.2) is 18.5 Å². The average Bonchev–Trinajstić information content (AvgIpc) is 2.35. The van der Waals surface area contributed by atoms with Crippen LogP contribution in [0.3, 0.4) is 0 Å². The molecule has 3 N–H and O–H groups in total. The molecular formula is C7H14N2O. The summed E-state index contributed by atoms with van der Waals surface area (Å²) in [5, 5.41) is 7.29. The highest BCUT2D eigenvalue weighted by Gasteiger charge is 2.36. The Labute approximate surface area is 61.1 Å². The minimum absolute atomic E-state index is 0.188. The minimum atomic E-state index is -0.403. The molecule has 3 heteroatoms. The number of ether oxygens (including phenoxy) is 1. The van der Waals surface area contributed by atoms with Gasteiger partial charge in [-0.15, -0.1) is 0 Å². The quantitative estimate of drug-likeness (QED) is 0.444. The Morgan fingerprint density at radius 2 is 2.00 bits per heavy atom. The standard InChI is InChI=1S/C7H14N2O/c1-10-7(6(8)9)4-2-3-5-7/h2-5H2,1H3,(H3,8,9). The molecule has 0 aliphatic heterocycles. The largest absolute Gasteiger partial charge is 0.385 e. The fourth-order valence-electron chi connectivity index (χ4n) is 1.53. The van der Waals surface area contributed by atoms with E-state index in [4.69, 9.17) is 15.9 Å². The zero-order valence-electron chi connectivity index (χ0n) is 6.31. The van der Waals surface area contributed by atoms with Crippen molar-refractivity contribution in [2.24, 2.45) is 5.73 Å². The molecule has 0 spiro atoms. The van der Waals surface area contributed by atoms with Crippen molar-refractivity contribution in [3.05, 3.63) is 0 Å². The molecule has 0 unspecified atom stereocenters. The average molecular weight is 142 g/mol. The van der Waals surface area contributed by atoms with Crippen LogP contribution in [-0.2, 0) is 4.74 Å². The van der Waals surface area contributed by atoms with E-state index < -0.39 is 5.60 Å². The number of hydrogen-bond donors (Lipinski definition) is 2. The van der Waals surface area contributed by atoms with Gasteiger partial charge in [0.25, 0.3) is 0 Å². The second-order valence-electron chi connectivity index (χ2n) is 2.82. The maximum Gasteiger partial charge on any atom is 0.124 e. The van der Waals surface area contributed by atoms with Gasteiger partial charge >= 0.3 is 0 Å². The van der Waals surface area contributed by atoms with Crippen molar-refractivity contribution in [2.45, 2.75) is 31.3 Å². The summed E-state index contributed by atoms with van der Waals surface area (Å²) in [7, 11) is 1.63. The highest BCUT2D eigenvalue weighted by molar-refractivity contribution is 5.86. The molecule has 0 atom stereocenters. The van der Waals surface area contributed by atoms with Gasteiger partial charge < -0.3 is 10.5 Å². The van der Waals surface area contributed by atoms with Crippen LogP contribution in [0.1, 0.15) is 25.7 Å². The Morgan fingerprint density at radius 1 is 1.50 bits per heavy atom. The van der Waals surface area contributed by atoms with Crippen LogP contribution in [0.25, 0.3) is 0 Å². The molecule has 10 heavy (non-hydrogen) atoms. The van der Waals surface area contributed by atoms with Gasteiger partial charge in [-0.25, -0.2) is 0 Å². The lowest BCUT2D eigenvalue weighted by Gasteiger charge is -2.25. The van der Waals surface area contributed by atoms with Gasteiger partial charge in [-0.05, 0) is 25.7 Å². The van der Waals surface area contributed by atoms with E-state index >= 15 is 0 Å². The lowest BCUT2D eigenvalue weighted by atomic mass is 10.0. The van der Waals surface area contributed by atoms with Crippen LogP contribution in [0.15, 0.2) is 0 Å². The Morgan fingerprint density at radius 3 is 2.20 bits per heavy atom. The van der Waals surface area contributed by atoms with E-state index in [1.54, 1.807) is 7.11 Å². The minimum Gasteiger partial charge on any atom is -0.385 e. The van der Waals surface area contributed by atoms with Crippen LogP contribution < -0.4 is 5.73 Å². The highest BCUT2D eigenvalue weighted by atomic mass is 16.5. The van der Waals surface area contributed by atoms with Crippen molar-refractivity contribution in [3.63, 3.8) is 0 Å². The van der Waals surface area contributed by atoms with Crippen molar-refractivity contribution < 1.29 is 4.74 Å². The second-order valence-corrected chi connectivity index (χ2v) is 2.82. The molecule has 1 saturated carbocycles. The summed E-state index contributed by atoms with van der Waals surface area (Å²) < 4.78 is 5.21. The summed E-state index contributed by atoms with van der Waals surface area (Å²) in [6.07, 6.45) is 4.10. The number of rotatable bonds is 2. The van der Waals surface area contributed by atoms with Crippen molar-refractivity contribution in [1.82, 2.24) is 0 Å². The number of nitrogens with one attached hydrogen (secondary N) is 1. The summed E-state index contributed by atoms with van der Waals surface area (Å²) in [6.45, 7) is 0. The number of nitrogens with two attached hydrogens (primary N) is 1. The molecule has 58 valence electrons. The summed E-state index contributed by atoms with van der Waals surface area (Å²) >= 11 is 0. The van der Waals surface area contributed by atoms with Gasteiger partial charge in [-0.3, -0.25) is 5.41 Å². The molecule has 0 aromatic rings. The van der Waals surface area contributed by atoms with Gasteiger partial charge in [0.05, 0.1) is 0 Å². The van der Waals surface area contributed by atoms with E-state index in [-0.39, 0.29) is 5.84 Å².